The number of hydrogen-bond donors (Lipinski definition) is 0. The van der Waals surface area contributed by atoms with E-state index in [1.165, 1.54) is 42.1 Å². The van der Waals surface area contributed by atoms with E-state index < -0.39 is 0 Å². The molecule has 0 atom stereocenters. The molecule has 3 heterocycles. The molecule has 0 aliphatic carbocycles. The van der Waals surface area contributed by atoms with Crippen LogP contribution in [0.5, 0.6) is 0 Å². The van der Waals surface area contributed by atoms with E-state index in [4.69, 9.17) is 8.83 Å². The van der Waals surface area contributed by atoms with Crippen LogP contribution in [0.15, 0.2) is 221 Å². The first-order valence-corrected chi connectivity index (χ1v) is 21.8. The molecule has 290 valence electrons. The molecule has 0 saturated carbocycles. The Labute approximate surface area is 360 Å². The highest BCUT2D eigenvalue weighted by Gasteiger charge is 2.22. The Kier molecular flexibility index (Phi) is 7.78. The maximum Gasteiger partial charge on any atom is 0.143 e. The second kappa shape index (κ2) is 13.8. The Hall–Kier alpha value is -7.92. The highest BCUT2D eigenvalue weighted by atomic mass is 32.1. The van der Waals surface area contributed by atoms with Crippen molar-refractivity contribution in [1.29, 1.82) is 0 Å². The summed E-state index contributed by atoms with van der Waals surface area (Å²) in [7, 11) is 0. The Bertz CT molecular complexity index is 3870. The summed E-state index contributed by atoms with van der Waals surface area (Å²) in [5.41, 5.74) is 13.8. The summed E-state index contributed by atoms with van der Waals surface area (Å²) in [5, 5.41) is 9.49. The van der Waals surface area contributed by atoms with Gasteiger partial charge in [0.2, 0.25) is 0 Å². The number of benzene rings is 10. The summed E-state index contributed by atoms with van der Waals surface area (Å²) in [6.45, 7) is 0. The number of anilines is 3. The van der Waals surface area contributed by atoms with Crippen molar-refractivity contribution in [3.63, 3.8) is 0 Å². The number of hydrogen-bond acceptors (Lipinski definition) is 4. The van der Waals surface area contributed by atoms with Crippen molar-refractivity contribution in [2.24, 2.45) is 0 Å². The second-order valence-electron chi connectivity index (χ2n) is 16.0. The van der Waals surface area contributed by atoms with Crippen LogP contribution < -0.4 is 4.90 Å². The monoisotopic (exact) mass is 809 g/mol. The molecule has 0 saturated heterocycles. The Balaban J connectivity index is 1.00. The van der Waals surface area contributed by atoms with Crippen LogP contribution in [-0.2, 0) is 0 Å². The predicted molar refractivity (Wildman–Crippen MR) is 262 cm³/mol. The topological polar surface area (TPSA) is 29.5 Å². The fraction of sp³-hybridized carbons (Fsp3) is 0. The zero-order chi connectivity index (χ0) is 40.7. The van der Waals surface area contributed by atoms with Gasteiger partial charge in [0.15, 0.2) is 0 Å². The highest BCUT2D eigenvalue weighted by molar-refractivity contribution is 7.26. The van der Waals surface area contributed by atoms with Crippen molar-refractivity contribution in [3.8, 4) is 33.4 Å². The first-order valence-electron chi connectivity index (χ1n) is 21.0. The lowest BCUT2D eigenvalue weighted by Crippen LogP contribution is -2.10. The van der Waals surface area contributed by atoms with E-state index in [1.807, 2.05) is 35.6 Å². The van der Waals surface area contributed by atoms with Crippen LogP contribution in [0, 0.1) is 0 Å². The maximum atomic E-state index is 6.48. The Morgan fingerprint density at radius 3 is 1.76 bits per heavy atom. The van der Waals surface area contributed by atoms with Gasteiger partial charge in [-0.25, -0.2) is 0 Å². The van der Waals surface area contributed by atoms with Gasteiger partial charge in [0.1, 0.15) is 22.3 Å². The quantitative estimate of drug-likeness (QED) is 0.168. The maximum absolute atomic E-state index is 6.48. The van der Waals surface area contributed by atoms with Gasteiger partial charge in [0.25, 0.3) is 0 Å². The van der Waals surface area contributed by atoms with E-state index in [0.29, 0.717) is 0 Å². The van der Waals surface area contributed by atoms with Crippen LogP contribution in [0.25, 0.3) is 108 Å². The molecule has 0 bridgehead atoms. The van der Waals surface area contributed by atoms with E-state index in [9.17, 15) is 0 Å². The first kappa shape index (κ1) is 34.9. The third kappa shape index (κ3) is 5.44. The van der Waals surface area contributed by atoms with Gasteiger partial charge in [-0.15, -0.1) is 11.3 Å². The van der Waals surface area contributed by atoms with Crippen LogP contribution in [-0.4, -0.2) is 0 Å². The molecule has 0 fully saturated rings. The molecular weight excluding hydrogens is 775 g/mol. The summed E-state index contributed by atoms with van der Waals surface area (Å²) in [5.74, 6) is 0. The van der Waals surface area contributed by atoms with Gasteiger partial charge in [-0.1, -0.05) is 152 Å². The molecule has 4 heteroatoms. The molecule has 0 N–H and O–H groups in total. The zero-order valence-electron chi connectivity index (χ0n) is 33.4. The SMILES string of the molecule is c1ccc2cc(-c3ccc(N(c4ccc(-c5cccc6c5oc5ccccc56)cc4)c4ccc(-c5cccc6oc7ccccc7c56)cc4)c4c3sc3ccccc34)ccc2c1. The van der Waals surface area contributed by atoms with Gasteiger partial charge in [0.05, 0.1) is 5.69 Å². The van der Waals surface area contributed by atoms with Crippen LogP contribution in [0.4, 0.5) is 17.1 Å². The number of rotatable bonds is 6. The normalized spacial score (nSPS) is 11.9. The van der Waals surface area contributed by atoms with Gasteiger partial charge in [0, 0.05) is 58.7 Å². The van der Waals surface area contributed by atoms with Gasteiger partial charge in [-0.3, -0.25) is 0 Å². The summed E-state index contributed by atoms with van der Waals surface area (Å²) >= 11 is 1.87. The molecule has 3 nitrogen and oxygen atoms in total. The van der Waals surface area contributed by atoms with E-state index in [0.717, 1.165) is 83.2 Å². The summed E-state index contributed by atoms with van der Waals surface area (Å²) in [6, 6.07) is 76.3. The van der Waals surface area contributed by atoms with Crippen LogP contribution in [0.3, 0.4) is 0 Å². The van der Waals surface area contributed by atoms with Gasteiger partial charge >= 0.3 is 0 Å². The van der Waals surface area contributed by atoms with Gasteiger partial charge < -0.3 is 13.7 Å². The standard InChI is InChI=1S/C58H35NO2S/c1-2-12-39-35-40(24-23-36(39)11-1)45-33-34-50(56-49-15-5-8-22-54(49)62-58(45)56)59(41-29-25-37(26-30-41)43-16-10-21-53-55(43)48-14-4-7-20-52(48)60-53)42-31-27-38(28-32-42)44-17-9-18-47-46-13-3-6-19-51(46)61-57(44)47/h1-35H. The summed E-state index contributed by atoms with van der Waals surface area (Å²) in [4.78, 5) is 2.43. The van der Waals surface area contributed by atoms with Gasteiger partial charge in [-0.05, 0) is 99.3 Å². The van der Waals surface area contributed by atoms with E-state index in [-0.39, 0.29) is 0 Å². The zero-order valence-corrected chi connectivity index (χ0v) is 34.2. The Morgan fingerprint density at radius 1 is 0.355 bits per heavy atom. The van der Waals surface area contributed by atoms with Gasteiger partial charge in [-0.2, -0.15) is 0 Å². The average Bonchev–Trinajstić information content (AvgIpc) is 4.04. The number of thiophene rings is 1. The number of fused-ring (bicyclic) bond motifs is 10. The molecule has 13 rings (SSSR count). The summed E-state index contributed by atoms with van der Waals surface area (Å²) in [6.07, 6.45) is 0. The first-order chi connectivity index (χ1) is 30.7. The molecule has 13 aromatic rings. The lowest BCUT2D eigenvalue weighted by Gasteiger charge is -2.27. The largest absolute Gasteiger partial charge is 0.456 e. The molecule has 3 aromatic heterocycles. The van der Waals surface area contributed by atoms with E-state index in [2.05, 4.69) is 193 Å². The van der Waals surface area contributed by atoms with Crippen LogP contribution in [0.1, 0.15) is 0 Å². The van der Waals surface area contributed by atoms with Crippen LogP contribution in [0.2, 0.25) is 0 Å². The minimum atomic E-state index is 0.895. The molecule has 10 aromatic carbocycles. The van der Waals surface area contributed by atoms with Crippen molar-refractivity contribution >= 4 is 103 Å². The van der Waals surface area contributed by atoms with E-state index >= 15 is 0 Å². The third-order valence-corrected chi connectivity index (χ3v) is 13.7. The smallest absolute Gasteiger partial charge is 0.143 e. The van der Waals surface area contributed by atoms with Crippen molar-refractivity contribution < 1.29 is 8.83 Å². The van der Waals surface area contributed by atoms with Crippen molar-refractivity contribution in [2.45, 2.75) is 0 Å². The lowest BCUT2D eigenvalue weighted by molar-refractivity contribution is 0.669. The minimum Gasteiger partial charge on any atom is -0.456 e. The predicted octanol–water partition coefficient (Wildman–Crippen LogP) is 17.5. The molecule has 0 aliphatic heterocycles. The van der Waals surface area contributed by atoms with Crippen LogP contribution >= 0.6 is 11.3 Å². The van der Waals surface area contributed by atoms with E-state index in [1.54, 1.807) is 0 Å². The van der Waals surface area contributed by atoms with Crippen molar-refractivity contribution in [3.05, 3.63) is 212 Å². The number of nitrogens with zero attached hydrogens (tertiary/aromatic N) is 1. The fourth-order valence-electron chi connectivity index (χ4n) is 9.58. The number of para-hydroxylation sites is 3. The second-order valence-corrected chi connectivity index (χ2v) is 17.0. The molecule has 0 aliphatic rings. The number of furan rings is 2. The minimum absolute atomic E-state index is 0.895. The summed E-state index contributed by atoms with van der Waals surface area (Å²) < 4.78 is 15.3. The van der Waals surface area contributed by atoms with Crippen molar-refractivity contribution in [2.75, 3.05) is 4.90 Å². The lowest BCUT2D eigenvalue weighted by atomic mass is 9.97. The molecule has 0 spiro atoms. The molecule has 62 heavy (non-hydrogen) atoms. The Morgan fingerprint density at radius 2 is 0.952 bits per heavy atom. The van der Waals surface area contributed by atoms with Crippen molar-refractivity contribution in [1.82, 2.24) is 0 Å². The molecule has 0 radical (unpaired) electrons. The molecule has 0 amide bonds. The molecule has 0 unspecified atom stereocenters. The third-order valence-electron chi connectivity index (χ3n) is 12.5. The average molecular weight is 810 g/mol. The molecular formula is C58H35NO2S. The highest BCUT2D eigenvalue weighted by Crippen LogP contribution is 2.49. The fourth-order valence-corrected chi connectivity index (χ4v) is 10.8.